The predicted octanol–water partition coefficient (Wildman–Crippen LogP) is 10.1. The number of carboxylic acid groups (broad SMARTS) is 1. The Bertz CT molecular complexity index is 2620. The van der Waals surface area contributed by atoms with Gasteiger partial charge in [-0.3, -0.25) is 9.97 Å². The van der Waals surface area contributed by atoms with Gasteiger partial charge in [-0.2, -0.15) is 0 Å². The number of hydrogen-bond donors (Lipinski definition) is 1. The number of carboxylic acids is 1. The average Bonchev–Trinajstić information content (AvgIpc) is 3.79. The van der Waals surface area contributed by atoms with Crippen LogP contribution in [-0.2, 0) is 30.7 Å². The number of aromatic carboxylic acids is 1. The summed E-state index contributed by atoms with van der Waals surface area (Å²) in [6.45, 7) is 1.64. The van der Waals surface area contributed by atoms with Crippen LogP contribution in [0.1, 0.15) is 54.4 Å². The van der Waals surface area contributed by atoms with Crippen molar-refractivity contribution < 1.29 is 19.4 Å². The minimum absolute atomic E-state index is 0.143. The van der Waals surface area contributed by atoms with Crippen molar-refractivity contribution in [2.24, 2.45) is 0 Å². The third-order valence-corrected chi connectivity index (χ3v) is 9.73. The average molecular weight is 768 g/mol. The van der Waals surface area contributed by atoms with Crippen molar-refractivity contribution in [3.8, 4) is 0 Å². The summed E-state index contributed by atoms with van der Waals surface area (Å²) in [7, 11) is 1.36. The van der Waals surface area contributed by atoms with Crippen molar-refractivity contribution in [2.75, 3.05) is 7.11 Å². The van der Waals surface area contributed by atoms with E-state index in [1.165, 1.54) is 36.0 Å². The zero-order chi connectivity index (χ0) is 38.3. The number of halogens is 2. The van der Waals surface area contributed by atoms with E-state index in [1.54, 1.807) is 12.3 Å². The van der Waals surface area contributed by atoms with Crippen molar-refractivity contribution in [3.05, 3.63) is 201 Å². The predicted molar refractivity (Wildman–Crippen MR) is 217 cm³/mol. The van der Waals surface area contributed by atoms with Crippen molar-refractivity contribution in [2.45, 2.75) is 25.9 Å². The molecule has 55 heavy (non-hydrogen) atoms. The fourth-order valence-corrected chi connectivity index (χ4v) is 6.95. The molecule has 0 atom stereocenters. The lowest BCUT2D eigenvalue weighted by Gasteiger charge is -2.09. The molecule has 10 heteroatoms. The molecular formula is C45H36Cl2N4O4. The maximum Gasteiger partial charge on any atom is 0.339 e. The second kappa shape index (κ2) is 16.8. The maximum atomic E-state index is 12.0. The Morgan fingerprint density at radius 3 is 1.51 bits per heavy atom. The summed E-state index contributed by atoms with van der Waals surface area (Å²) in [5.74, 6) is -1.45. The Morgan fingerprint density at radius 2 is 1.05 bits per heavy atom. The number of carbonyl (C=O) groups excluding carboxylic acids is 1. The number of esters is 1. The monoisotopic (exact) mass is 766 g/mol. The molecule has 0 amide bonds. The van der Waals surface area contributed by atoms with Gasteiger partial charge in [-0.05, 0) is 81.6 Å². The standard InChI is InChI=1S/C23H19ClN2O2.C22H17ClN2O2/c1-28-23(27)20-13-19(24)14-25-21(20)12-17-7-8-22-18(11-17)9-10-26(22)15-16-5-3-2-4-6-16;23-18-12-19(22(26)27)20(24-13-18)11-16-6-7-21-17(10-16)8-9-25(21)14-15-4-2-1-3-5-15/h2-11,13-14H,12,15H2,1H3;1-10,12-13H,11,14H2,(H,26,27). The van der Waals surface area contributed by atoms with Crippen LogP contribution in [0.15, 0.2) is 146 Å². The van der Waals surface area contributed by atoms with Gasteiger partial charge in [-0.25, -0.2) is 9.59 Å². The van der Waals surface area contributed by atoms with Gasteiger partial charge in [0.2, 0.25) is 0 Å². The van der Waals surface area contributed by atoms with E-state index in [9.17, 15) is 14.7 Å². The largest absolute Gasteiger partial charge is 0.478 e. The maximum absolute atomic E-state index is 12.0. The molecule has 0 spiro atoms. The molecule has 8 aromatic rings. The molecule has 1 N–H and O–H groups in total. The van der Waals surface area contributed by atoms with E-state index in [-0.39, 0.29) is 5.56 Å². The van der Waals surface area contributed by atoms with Gasteiger partial charge in [0.15, 0.2) is 0 Å². The lowest BCUT2D eigenvalue weighted by molar-refractivity contribution is 0.0598. The Labute approximate surface area is 328 Å². The third-order valence-electron chi connectivity index (χ3n) is 9.31. The van der Waals surface area contributed by atoms with E-state index in [4.69, 9.17) is 27.9 Å². The van der Waals surface area contributed by atoms with E-state index in [0.717, 1.165) is 40.5 Å². The topological polar surface area (TPSA) is 99.2 Å². The molecule has 0 radical (unpaired) electrons. The molecule has 4 heterocycles. The Balaban J connectivity index is 0.000000169. The molecule has 0 aliphatic carbocycles. The number of fused-ring (bicyclic) bond motifs is 2. The molecule has 0 saturated heterocycles. The summed E-state index contributed by atoms with van der Waals surface area (Å²) < 4.78 is 9.30. The van der Waals surface area contributed by atoms with Gasteiger partial charge < -0.3 is 19.0 Å². The Hall–Kier alpha value is -6.22. The van der Waals surface area contributed by atoms with Crippen LogP contribution < -0.4 is 0 Å². The van der Waals surface area contributed by atoms with E-state index in [2.05, 4.69) is 110 Å². The van der Waals surface area contributed by atoms with E-state index < -0.39 is 11.9 Å². The minimum atomic E-state index is -1.02. The molecular weight excluding hydrogens is 731 g/mol. The molecule has 0 fully saturated rings. The highest BCUT2D eigenvalue weighted by molar-refractivity contribution is 6.31. The van der Waals surface area contributed by atoms with Crippen molar-refractivity contribution >= 4 is 56.9 Å². The normalized spacial score (nSPS) is 11.0. The number of ether oxygens (including phenoxy) is 1. The Kier molecular flexibility index (Phi) is 11.4. The molecule has 8 rings (SSSR count). The zero-order valence-corrected chi connectivity index (χ0v) is 31.4. The summed E-state index contributed by atoms with van der Waals surface area (Å²) in [6, 6.07) is 40.4. The quantitative estimate of drug-likeness (QED) is 0.139. The lowest BCUT2D eigenvalue weighted by atomic mass is 10.0. The summed E-state index contributed by atoms with van der Waals surface area (Å²) in [4.78, 5) is 32.1. The van der Waals surface area contributed by atoms with Crippen LogP contribution in [0.4, 0.5) is 0 Å². The summed E-state index contributed by atoms with van der Waals surface area (Å²) in [6.07, 6.45) is 8.18. The van der Waals surface area contributed by atoms with Gasteiger partial charge in [0.05, 0.1) is 39.7 Å². The highest BCUT2D eigenvalue weighted by Gasteiger charge is 2.16. The van der Waals surface area contributed by atoms with Gasteiger partial charge >= 0.3 is 11.9 Å². The van der Waals surface area contributed by atoms with Gasteiger partial charge in [0.25, 0.3) is 0 Å². The first-order chi connectivity index (χ1) is 26.7. The van der Waals surface area contributed by atoms with Crippen LogP contribution in [0, 0.1) is 0 Å². The van der Waals surface area contributed by atoms with Crippen LogP contribution in [0.3, 0.4) is 0 Å². The van der Waals surface area contributed by atoms with Gasteiger partial charge in [0.1, 0.15) is 0 Å². The lowest BCUT2D eigenvalue weighted by Crippen LogP contribution is -2.08. The fourth-order valence-electron chi connectivity index (χ4n) is 6.63. The molecule has 4 aromatic carbocycles. The van der Waals surface area contributed by atoms with Gasteiger partial charge in [0, 0.05) is 61.8 Å². The minimum Gasteiger partial charge on any atom is -0.478 e. The first-order valence-corrected chi connectivity index (χ1v) is 18.3. The highest BCUT2D eigenvalue weighted by Crippen LogP contribution is 2.24. The summed E-state index contributed by atoms with van der Waals surface area (Å²) >= 11 is 11.9. The number of nitrogens with zero attached hydrogens (tertiary/aromatic N) is 4. The van der Waals surface area contributed by atoms with E-state index >= 15 is 0 Å². The number of hydrogen-bond acceptors (Lipinski definition) is 5. The van der Waals surface area contributed by atoms with E-state index in [0.29, 0.717) is 39.8 Å². The van der Waals surface area contributed by atoms with Crippen LogP contribution in [-0.4, -0.2) is 43.3 Å². The number of aromatic nitrogens is 4. The van der Waals surface area contributed by atoms with Crippen molar-refractivity contribution in [1.82, 2.24) is 19.1 Å². The number of rotatable bonds is 10. The molecule has 8 nitrogen and oxygen atoms in total. The van der Waals surface area contributed by atoms with E-state index in [1.807, 2.05) is 30.3 Å². The molecule has 0 saturated carbocycles. The van der Waals surface area contributed by atoms with Crippen LogP contribution in [0.5, 0.6) is 0 Å². The first kappa shape index (κ1) is 37.1. The molecule has 0 bridgehead atoms. The number of methoxy groups -OCH3 is 1. The van der Waals surface area contributed by atoms with Crippen LogP contribution in [0.25, 0.3) is 21.8 Å². The first-order valence-electron chi connectivity index (χ1n) is 17.6. The molecule has 4 aromatic heterocycles. The summed E-state index contributed by atoms with van der Waals surface area (Å²) in [5, 5.41) is 12.4. The SMILES string of the molecule is COC(=O)c1cc(Cl)cnc1Cc1ccc2c(ccn2Cc2ccccc2)c1.O=C(O)c1cc(Cl)cnc1Cc1ccc2c(ccn2Cc2ccccc2)c1. The van der Waals surface area contributed by atoms with Gasteiger partial charge in [-0.15, -0.1) is 0 Å². The third kappa shape index (κ3) is 8.95. The molecule has 0 unspecified atom stereocenters. The highest BCUT2D eigenvalue weighted by atomic mass is 35.5. The molecule has 274 valence electrons. The Morgan fingerprint density at radius 1 is 0.600 bits per heavy atom. The van der Waals surface area contributed by atoms with Crippen LogP contribution >= 0.6 is 23.2 Å². The molecule has 0 aliphatic rings. The number of pyridine rings is 2. The number of carbonyl (C=O) groups is 2. The second-order valence-electron chi connectivity index (χ2n) is 13.1. The second-order valence-corrected chi connectivity index (χ2v) is 14.0. The smallest absolute Gasteiger partial charge is 0.339 e. The number of benzene rings is 4. The van der Waals surface area contributed by atoms with Crippen molar-refractivity contribution in [3.63, 3.8) is 0 Å². The van der Waals surface area contributed by atoms with Crippen molar-refractivity contribution in [1.29, 1.82) is 0 Å². The zero-order valence-electron chi connectivity index (χ0n) is 29.9. The summed E-state index contributed by atoms with van der Waals surface area (Å²) in [5.41, 5.74) is 8.61. The fraction of sp³-hybridized carbons (Fsp3) is 0.111. The van der Waals surface area contributed by atoms with Crippen LogP contribution in [0.2, 0.25) is 10.0 Å². The molecule has 0 aliphatic heterocycles. The van der Waals surface area contributed by atoms with Gasteiger partial charge in [-0.1, -0.05) is 96.0 Å².